The van der Waals surface area contributed by atoms with Crippen LogP contribution in [0, 0.1) is 0 Å². The number of benzene rings is 1. The fourth-order valence-electron chi connectivity index (χ4n) is 1.89. The average molecular weight is 388 g/mol. The van der Waals surface area contributed by atoms with Crippen LogP contribution in [-0.4, -0.2) is 5.11 Å². The van der Waals surface area contributed by atoms with Crippen molar-refractivity contribution in [1.82, 2.24) is 0 Å². The summed E-state index contributed by atoms with van der Waals surface area (Å²) in [5.41, 5.74) is 2.40. The molecule has 1 unspecified atom stereocenters. The molecule has 1 aromatic carbocycles. The lowest BCUT2D eigenvalue weighted by Crippen LogP contribution is -2.00. The van der Waals surface area contributed by atoms with E-state index < -0.39 is 6.10 Å². The Hall–Kier alpha value is -0.580. The zero-order valence-electron chi connectivity index (χ0n) is 10.9. The minimum Gasteiger partial charge on any atom is -0.450 e. The van der Waals surface area contributed by atoms with Gasteiger partial charge in [0.2, 0.25) is 0 Å². The molecule has 4 heteroatoms. The minimum atomic E-state index is -0.632. The van der Waals surface area contributed by atoms with Crippen LogP contribution in [0.1, 0.15) is 42.8 Å². The lowest BCUT2D eigenvalue weighted by molar-refractivity contribution is 0.149. The van der Waals surface area contributed by atoms with E-state index >= 15 is 0 Å². The van der Waals surface area contributed by atoms with Gasteiger partial charge in [0, 0.05) is 6.42 Å². The topological polar surface area (TPSA) is 33.4 Å². The maximum Gasteiger partial charge on any atom is 0.183 e. The van der Waals surface area contributed by atoms with Crippen LogP contribution in [0.2, 0.25) is 0 Å². The summed E-state index contributed by atoms with van der Waals surface area (Å²) in [6.45, 7) is 4.34. The Morgan fingerprint density at radius 2 is 1.79 bits per heavy atom. The summed E-state index contributed by atoms with van der Waals surface area (Å²) in [4.78, 5) is 0. The van der Waals surface area contributed by atoms with Crippen molar-refractivity contribution in [3.05, 3.63) is 56.4 Å². The summed E-state index contributed by atoms with van der Waals surface area (Å²) in [7, 11) is 0. The van der Waals surface area contributed by atoms with Crippen LogP contribution in [0.3, 0.4) is 0 Å². The van der Waals surface area contributed by atoms with E-state index in [9.17, 15) is 5.11 Å². The predicted molar refractivity (Wildman–Crippen MR) is 83.3 cm³/mol. The molecule has 1 aromatic heterocycles. The summed E-state index contributed by atoms with van der Waals surface area (Å²) in [5, 5.41) is 10.2. The number of aliphatic hydroxyl groups excluding tert-OH is 1. The Labute approximate surface area is 130 Å². The van der Waals surface area contributed by atoms with E-state index in [0.29, 0.717) is 22.8 Å². The molecule has 1 atom stereocenters. The van der Waals surface area contributed by atoms with Crippen molar-refractivity contribution < 1.29 is 9.52 Å². The first-order valence-electron chi connectivity index (χ1n) is 6.19. The molecule has 102 valence electrons. The van der Waals surface area contributed by atoms with Gasteiger partial charge in [-0.1, -0.05) is 38.1 Å². The molecule has 0 aliphatic heterocycles. The van der Waals surface area contributed by atoms with Crippen molar-refractivity contribution in [3.63, 3.8) is 0 Å². The van der Waals surface area contributed by atoms with E-state index in [1.807, 2.05) is 0 Å². The normalized spacial score (nSPS) is 12.9. The van der Waals surface area contributed by atoms with Crippen LogP contribution in [0.5, 0.6) is 0 Å². The largest absolute Gasteiger partial charge is 0.450 e. The first kappa shape index (κ1) is 14.8. The second-order valence-electron chi connectivity index (χ2n) is 4.89. The predicted octanol–water partition coefficient (Wildman–Crippen LogP) is 5.20. The molecule has 2 aromatic rings. The highest BCUT2D eigenvalue weighted by Gasteiger charge is 2.15. The molecule has 1 heterocycles. The molecular formula is C15H16Br2O2. The van der Waals surface area contributed by atoms with Crippen molar-refractivity contribution in [3.8, 4) is 0 Å². The van der Waals surface area contributed by atoms with Crippen LogP contribution < -0.4 is 0 Å². The van der Waals surface area contributed by atoms with E-state index in [4.69, 9.17) is 4.42 Å². The molecular weight excluding hydrogens is 372 g/mol. The van der Waals surface area contributed by atoms with Crippen LogP contribution in [0.15, 0.2) is 43.9 Å². The second kappa shape index (κ2) is 6.25. The fourth-order valence-corrected chi connectivity index (χ4v) is 2.50. The molecule has 0 aliphatic carbocycles. The summed E-state index contributed by atoms with van der Waals surface area (Å²) < 4.78 is 6.85. The van der Waals surface area contributed by atoms with Gasteiger partial charge in [-0.05, 0) is 55.0 Å². The van der Waals surface area contributed by atoms with Gasteiger partial charge in [0.1, 0.15) is 11.9 Å². The Morgan fingerprint density at radius 1 is 1.16 bits per heavy atom. The number of aliphatic hydroxyl groups is 1. The molecule has 0 saturated carbocycles. The van der Waals surface area contributed by atoms with E-state index in [1.165, 1.54) is 5.56 Å². The van der Waals surface area contributed by atoms with Crippen LogP contribution >= 0.6 is 31.9 Å². The van der Waals surface area contributed by atoms with E-state index in [0.717, 1.165) is 10.0 Å². The third-order valence-electron chi connectivity index (χ3n) is 3.07. The third kappa shape index (κ3) is 3.71. The van der Waals surface area contributed by atoms with E-state index in [1.54, 1.807) is 6.07 Å². The highest BCUT2D eigenvalue weighted by Crippen LogP contribution is 2.31. The van der Waals surface area contributed by atoms with Crippen LogP contribution in [0.4, 0.5) is 0 Å². The minimum absolute atomic E-state index is 0.524. The number of furan rings is 1. The molecule has 1 N–H and O–H groups in total. The van der Waals surface area contributed by atoms with Crippen molar-refractivity contribution >= 4 is 31.9 Å². The lowest BCUT2D eigenvalue weighted by atomic mass is 9.99. The van der Waals surface area contributed by atoms with Crippen LogP contribution in [0.25, 0.3) is 0 Å². The van der Waals surface area contributed by atoms with Gasteiger partial charge < -0.3 is 9.52 Å². The molecule has 19 heavy (non-hydrogen) atoms. The van der Waals surface area contributed by atoms with Gasteiger partial charge in [-0.3, -0.25) is 0 Å². The van der Waals surface area contributed by atoms with Gasteiger partial charge in [-0.2, -0.15) is 0 Å². The molecule has 0 bridgehead atoms. The van der Waals surface area contributed by atoms with Gasteiger partial charge in [-0.25, -0.2) is 0 Å². The molecule has 0 saturated heterocycles. The highest BCUT2D eigenvalue weighted by atomic mass is 79.9. The summed E-state index contributed by atoms with van der Waals surface area (Å²) in [6, 6.07) is 10.1. The Balaban J connectivity index is 2.08. The zero-order chi connectivity index (χ0) is 14.0. The maximum absolute atomic E-state index is 10.2. The Morgan fingerprint density at radius 3 is 2.26 bits per heavy atom. The fraction of sp³-hybridized carbons (Fsp3) is 0.333. The van der Waals surface area contributed by atoms with E-state index in [2.05, 4.69) is 70.0 Å². The number of halogens is 2. The SMILES string of the molecule is CC(C)c1ccc(CC(O)c2cc(Br)c(Br)o2)cc1. The first-order valence-corrected chi connectivity index (χ1v) is 7.77. The molecule has 0 spiro atoms. The summed E-state index contributed by atoms with van der Waals surface area (Å²) >= 11 is 6.61. The number of hydrogen-bond donors (Lipinski definition) is 1. The zero-order valence-corrected chi connectivity index (χ0v) is 14.0. The molecule has 0 radical (unpaired) electrons. The van der Waals surface area contributed by atoms with Gasteiger partial charge in [-0.15, -0.1) is 0 Å². The van der Waals surface area contributed by atoms with Crippen molar-refractivity contribution in [2.75, 3.05) is 0 Å². The van der Waals surface area contributed by atoms with Gasteiger partial charge in [0.15, 0.2) is 4.67 Å². The molecule has 0 aliphatic rings. The molecule has 0 fully saturated rings. The maximum atomic E-state index is 10.2. The summed E-state index contributed by atoms with van der Waals surface area (Å²) in [6.07, 6.45) is -0.0855. The molecule has 2 rings (SSSR count). The standard InChI is InChI=1S/C15H16Br2O2/c1-9(2)11-5-3-10(4-6-11)7-13(18)14-8-12(16)15(17)19-14/h3-6,8-9,13,18H,7H2,1-2H3. The third-order valence-corrected chi connectivity index (χ3v) is 4.78. The van der Waals surface area contributed by atoms with E-state index in [-0.39, 0.29) is 0 Å². The lowest BCUT2D eigenvalue weighted by Gasteiger charge is -2.10. The average Bonchev–Trinajstić information content (AvgIpc) is 2.70. The number of rotatable bonds is 4. The Bertz CT molecular complexity index is 524. The van der Waals surface area contributed by atoms with Gasteiger partial charge in [0.05, 0.1) is 4.47 Å². The Kier molecular flexibility index (Phi) is 4.87. The number of hydrogen-bond acceptors (Lipinski definition) is 2. The second-order valence-corrected chi connectivity index (χ2v) is 6.46. The molecule has 2 nitrogen and oxygen atoms in total. The van der Waals surface area contributed by atoms with Gasteiger partial charge >= 0.3 is 0 Å². The first-order chi connectivity index (χ1) is 8.97. The van der Waals surface area contributed by atoms with Crippen molar-refractivity contribution in [1.29, 1.82) is 0 Å². The van der Waals surface area contributed by atoms with Crippen molar-refractivity contribution in [2.45, 2.75) is 32.3 Å². The quantitative estimate of drug-likeness (QED) is 0.781. The monoisotopic (exact) mass is 386 g/mol. The highest BCUT2D eigenvalue weighted by molar-refractivity contribution is 9.13. The smallest absolute Gasteiger partial charge is 0.183 e. The van der Waals surface area contributed by atoms with Crippen LogP contribution in [-0.2, 0) is 6.42 Å². The summed E-state index contributed by atoms with van der Waals surface area (Å²) in [5.74, 6) is 1.09. The van der Waals surface area contributed by atoms with Gasteiger partial charge in [0.25, 0.3) is 0 Å². The van der Waals surface area contributed by atoms with Crippen molar-refractivity contribution in [2.24, 2.45) is 0 Å². The molecule has 0 amide bonds.